The van der Waals surface area contributed by atoms with Gasteiger partial charge in [0.15, 0.2) is 0 Å². The highest BCUT2D eigenvalue weighted by Crippen LogP contribution is 2.36. The molecule has 4 rings (SSSR count). The van der Waals surface area contributed by atoms with Gasteiger partial charge in [0.1, 0.15) is 11.6 Å². The first-order valence-corrected chi connectivity index (χ1v) is 13.2. The number of carbonyl (C=O) groups is 1. The van der Waals surface area contributed by atoms with Crippen molar-refractivity contribution < 1.29 is 18.0 Å². The van der Waals surface area contributed by atoms with Crippen LogP contribution in [0.4, 0.5) is 19.0 Å². The number of carbonyl (C=O) groups excluding carboxylic acids is 1. The van der Waals surface area contributed by atoms with E-state index < -0.39 is 5.51 Å². The van der Waals surface area contributed by atoms with Crippen LogP contribution >= 0.6 is 11.8 Å². The van der Waals surface area contributed by atoms with E-state index in [-0.39, 0.29) is 35.0 Å². The van der Waals surface area contributed by atoms with Gasteiger partial charge in [-0.3, -0.25) is 4.79 Å². The highest BCUT2D eigenvalue weighted by Gasteiger charge is 2.29. The zero-order valence-electron chi connectivity index (χ0n) is 21.0. The smallest absolute Gasteiger partial charge is 0.362 e. The summed E-state index contributed by atoms with van der Waals surface area (Å²) in [6.45, 7) is 0. The van der Waals surface area contributed by atoms with Gasteiger partial charge >= 0.3 is 5.51 Å². The second-order valence-corrected chi connectivity index (χ2v) is 10.7. The van der Waals surface area contributed by atoms with Crippen LogP contribution in [0.5, 0.6) is 0 Å². The third-order valence-corrected chi connectivity index (χ3v) is 7.16. The van der Waals surface area contributed by atoms with Gasteiger partial charge in [-0.1, -0.05) is 36.4 Å². The number of amides is 1. The number of alkyl halides is 3. The summed E-state index contributed by atoms with van der Waals surface area (Å²) in [4.78, 5) is 24.0. The molecule has 0 unspecified atom stereocenters. The van der Waals surface area contributed by atoms with Crippen molar-refractivity contribution in [1.29, 1.82) is 0 Å². The lowest BCUT2D eigenvalue weighted by atomic mass is 9.85. The maximum Gasteiger partial charge on any atom is 0.446 e. The molecule has 1 amide bonds. The first-order chi connectivity index (χ1) is 17.7. The summed E-state index contributed by atoms with van der Waals surface area (Å²) in [5.41, 5.74) is -2.67. The summed E-state index contributed by atoms with van der Waals surface area (Å²) >= 11 is -0.152. The molecule has 37 heavy (non-hydrogen) atoms. The van der Waals surface area contributed by atoms with Crippen LogP contribution in [-0.2, 0) is 17.6 Å². The fourth-order valence-electron chi connectivity index (χ4n) is 4.63. The largest absolute Gasteiger partial charge is 0.446 e. The number of hydrogen-bond acceptors (Lipinski definition) is 5. The van der Waals surface area contributed by atoms with Gasteiger partial charge in [0, 0.05) is 36.8 Å². The summed E-state index contributed by atoms with van der Waals surface area (Å²) in [5.74, 6) is 2.08. The highest BCUT2D eigenvalue weighted by molar-refractivity contribution is 8.00. The number of nitrogens with zero attached hydrogens (tertiary/aromatic N) is 3. The zero-order valence-corrected chi connectivity index (χ0v) is 21.8. The fraction of sp³-hybridized carbons (Fsp3) is 0.393. The summed E-state index contributed by atoms with van der Waals surface area (Å²) in [6.07, 6.45) is 9.01. The number of aromatic nitrogens is 2. The molecule has 1 fully saturated rings. The first kappa shape index (κ1) is 27.0. The monoisotopic (exact) mass is 528 g/mol. The van der Waals surface area contributed by atoms with Gasteiger partial charge in [-0.05, 0) is 73.2 Å². The van der Waals surface area contributed by atoms with E-state index in [0.29, 0.717) is 17.9 Å². The van der Waals surface area contributed by atoms with Crippen molar-refractivity contribution >= 4 is 34.4 Å². The molecule has 1 aliphatic carbocycles. The van der Waals surface area contributed by atoms with Crippen molar-refractivity contribution in [2.24, 2.45) is 5.92 Å². The summed E-state index contributed by atoms with van der Waals surface area (Å²) in [6, 6.07) is 14.1. The summed E-state index contributed by atoms with van der Waals surface area (Å²) in [7, 11) is 3.97. The van der Waals surface area contributed by atoms with E-state index in [1.165, 1.54) is 12.1 Å². The van der Waals surface area contributed by atoms with Crippen molar-refractivity contribution in [2.45, 2.75) is 55.0 Å². The number of fused-ring (bicyclic) bond motifs is 1. The topological polar surface area (TPSA) is 58.1 Å². The lowest BCUT2D eigenvalue weighted by molar-refractivity contribution is -0.121. The number of para-hydroxylation sites is 1. The molecular formula is C28H31F3N4OS. The van der Waals surface area contributed by atoms with Crippen molar-refractivity contribution in [3.8, 4) is 0 Å². The lowest BCUT2D eigenvalue weighted by Gasteiger charge is -2.27. The number of allylic oxidation sites excluding steroid dienone is 2. The molecule has 5 nitrogen and oxygen atoms in total. The molecule has 0 aliphatic heterocycles. The first-order valence-electron chi connectivity index (χ1n) is 12.4. The van der Waals surface area contributed by atoms with E-state index in [9.17, 15) is 18.0 Å². The number of anilines is 1. The summed E-state index contributed by atoms with van der Waals surface area (Å²) in [5, 5.41) is 4.12. The van der Waals surface area contributed by atoms with Crippen LogP contribution < -0.4 is 10.2 Å². The molecule has 0 spiro atoms. The van der Waals surface area contributed by atoms with Crippen LogP contribution in [0.25, 0.3) is 10.9 Å². The molecule has 0 atom stereocenters. The third kappa shape index (κ3) is 7.95. The highest BCUT2D eigenvalue weighted by atomic mass is 32.2. The predicted molar refractivity (Wildman–Crippen MR) is 143 cm³/mol. The van der Waals surface area contributed by atoms with E-state index in [1.54, 1.807) is 12.1 Å². The number of benzene rings is 2. The molecule has 1 saturated carbocycles. The Morgan fingerprint density at radius 1 is 1.05 bits per heavy atom. The van der Waals surface area contributed by atoms with Crippen molar-refractivity contribution in [2.75, 3.05) is 19.0 Å². The van der Waals surface area contributed by atoms with Crippen LogP contribution in [0.15, 0.2) is 65.6 Å². The van der Waals surface area contributed by atoms with Gasteiger partial charge in [0.2, 0.25) is 5.91 Å². The average Bonchev–Trinajstić information content (AvgIpc) is 2.85. The van der Waals surface area contributed by atoms with Crippen LogP contribution in [0, 0.1) is 5.92 Å². The number of thioether (sulfide) groups is 1. The molecule has 2 aromatic carbocycles. The van der Waals surface area contributed by atoms with E-state index >= 15 is 0 Å². The van der Waals surface area contributed by atoms with Crippen LogP contribution in [0.3, 0.4) is 0 Å². The number of hydrogen-bond donors (Lipinski definition) is 1. The molecule has 3 aromatic rings. The Morgan fingerprint density at radius 3 is 2.43 bits per heavy atom. The molecule has 1 aliphatic rings. The minimum Gasteiger partial charge on any atom is -0.362 e. The van der Waals surface area contributed by atoms with Gasteiger partial charge in [-0.2, -0.15) is 13.2 Å². The molecule has 1 aromatic heterocycles. The molecule has 9 heteroatoms. The molecule has 1 N–H and O–H groups in total. The third-order valence-electron chi connectivity index (χ3n) is 6.42. The minimum absolute atomic E-state index is 0.0969. The molecule has 196 valence electrons. The second-order valence-electron chi connectivity index (χ2n) is 9.56. The van der Waals surface area contributed by atoms with E-state index in [4.69, 9.17) is 9.97 Å². The van der Waals surface area contributed by atoms with Crippen LogP contribution in [0.2, 0.25) is 0 Å². The van der Waals surface area contributed by atoms with Crippen molar-refractivity contribution in [3.63, 3.8) is 0 Å². The maximum atomic E-state index is 12.5. The Kier molecular flexibility index (Phi) is 8.74. The quantitative estimate of drug-likeness (QED) is 0.274. The van der Waals surface area contributed by atoms with Gasteiger partial charge < -0.3 is 10.2 Å². The van der Waals surface area contributed by atoms with E-state index in [0.717, 1.165) is 48.2 Å². The average molecular weight is 529 g/mol. The van der Waals surface area contributed by atoms with E-state index in [1.807, 2.05) is 43.3 Å². The van der Waals surface area contributed by atoms with Crippen molar-refractivity contribution in [1.82, 2.24) is 15.3 Å². The molecular weight excluding hydrogens is 497 g/mol. The maximum absolute atomic E-state index is 12.5. The lowest BCUT2D eigenvalue weighted by Crippen LogP contribution is -2.38. The Bertz CT molecular complexity index is 1240. The number of nitrogens with one attached hydrogen (secondary N) is 1. The van der Waals surface area contributed by atoms with Crippen LogP contribution in [0.1, 0.15) is 37.1 Å². The Morgan fingerprint density at radius 2 is 1.76 bits per heavy atom. The molecule has 0 saturated heterocycles. The Balaban J connectivity index is 1.23. The van der Waals surface area contributed by atoms with Gasteiger partial charge in [-0.15, -0.1) is 0 Å². The predicted octanol–water partition coefficient (Wildman–Crippen LogP) is 6.32. The van der Waals surface area contributed by atoms with Crippen molar-refractivity contribution in [3.05, 3.63) is 72.1 Å². The summed E-state index contributed by atoms with van der Waals surface area (Å²) < 4.78 is 37.4. The van der Waals surface area contributed by atoms with Gasteiger partial charge in [0.05, 0.1) is 11.9 Å². The fourth-order valence-corrected chi connectivity index (χ4v) is 5.17. The van der Waals surface area contributed by atoms with Gasteiger partial charge in [0.25, 0.3) is 0 Å². The molecule has 0 bridgehead atoms. The number of halogens is 3. The zero-order chi connectivity index (χ0) is 26.4. The van der Waals surface area contributed by atoms with Gasteiger partial charge in [-0.25, -0.2) is 9.97 Å². The van der Waals surface area contributed by atoms with E-state index in [2.05, 4.69) is 17.5 Å². The Hall–Kier alpha value is -3.07. The minimum atomic E-state index is -4.31. The van der Waals surface area contributed by atoms with Crippen LogP contribution in [-0.4, -0.2) is 41.5 Å². The Labute approximate surface area is 219 Å². The second kappa shape index (κ2) is 12.0. The standard InChI is InChI=1S/C28H31F3N4OS/c1-35(2)27-23-7-3-4-8-24(23)33-25(34-27)9-5-6-19-10-14-21(15-11-19)32-26(36)18-20-12-16-22(17-13-20)37-28(29,30)31/h3-8,12-13,16-17,19,21H,9-11,14-15,18H2,1-2H3,(H,32,36)/b6-5+. The number of rotatable bonds is 8. The molecule has 0 radical (unpaired) electrons. The normalized spacial score (nSPS) is 18.3. The SMILES string of the molecule is CN(C)c1nc(C/C=C/C2CCC(NC(=O)Cc3ccc(SC(F)(F)F)cc3)CC2)nc2ccccc12. The molecule has 1 heterocycles.